The minimum Gasteiger partial charge on any atom is -0.491 e. The Balaban J connectivity index is 1.78. The van der Waals surface area contributed by atoms with Gasteiger partial charge in [0.05, 0.1) is 0 Å². The third-order valence-electron chi connectivity index (χ3n) is 3.18. The van der Waals surface area contributed by atoms with Gasteiger partial charge in [0.15, 0.2) is 0 Å². The number of nitrogens with two attached hydrogens (primary N) is 1. The minimum absolute atomic E-state index is 0.268. The number of hydrogen-bond acceptors (Lipinski definition) is 5. The average Bonchev–Trinajstić information content (AvgIpc) is 2.97. The molecule has 114 valence electrons. The lowest BCUT2D eigenvalue weighted by molar-refractivity contribution is 0.0678. The summed E-state index contributed by atoms with van der Waals surface area (Å²) in [6, 6.07) is 11.4. The maximum atomic E-state index is 10.1. The van der Waals surface area contributed by atoms with Crippen molar-refractivity contribution in [2.45, 2.75) is 19.6 Å². The summed E-state index contributed by atoms with van der Waals surface area (Å²) >= 11 is 1.74. The van der Waals surface area contributed by atoms with Gasteiger partial charge in [-0.1, -0.05) is 19.1 Å². The van der Waals surface area contributed by atoms with Gasteiger partial charge in [0.2, 0.25) is 0 Å². The molecule has 0 saturated carbocycles. The van der Waals surface area contributed by atoms with Crippen LogP contribution in [0, 0.1) is 0 Å². The highest BCUT2D eigenvalue weighted by Gasteiger charge is 2.12. The maximum absolute atomic E-state index is 10.1. The van der Waals surface area contributed by atoms with Gasteiger partial charge in [-0.15, -0.1) is 11.3 Å². The van der Waals surface area contributed by atoms with Gasteiger partial charge in [-0.05, 0) is 30.1 Å². The zero-order valence-electron chi connectivity index (χ0n) is 12.2. The predicted molar refractivity (Wildman–Crippen MR) is 87.6 cm³/mol. The minimum atomic E-state index is -0.522. The van der Waals surface area contributed by atoms with Gasteiger partial charge in [0, 0.05) is 29.7 Å². The molecule has 3 N–H and O–H groups in total. The van der Waals surface area contributed by atoms with Crippen LogP contribution in [0.4, 0.5) is 5.69 Å². The molecule has 2 aromatic rings. The molecule has 0 aliphatic rings. The summed E-state index contributed by atoms with van der Waals surface area (Å²) in [4.78, 5) is 3.51. The van der Waals surface area contributed by atoms with E-state index in [-0.39, 0.29) is 6.61 Å². The number of nitrogens with zero attached hydrogens (tertiary/aromatic N) is 1. The second-order valence-electron chi connectivity index (χ2n) is 4.94. The largest absolute Gasteiger partial charge is 0.491 e. The second kappa shape index (κ2) is 8.02. The number of aliphatic hydroxyl groups is 1. The summed E-state index contributed by atoms with van der Waals surface area (Å²) in [5.74, 6) is 0.690. The monoisotopic (exact) mass is 306 g/mol. The van der Waals surface area contributed by atoms with Gasteiger partial charge < -0.3 is 15.6 Å². The molecule has 0 bridgehead atoms. The van der Waals surface area contributed by atoms with Crippen LogP contribution in [0.3, 0.4) is 0 Å². The summed E-state index contributed by atoms with van der Waals surface area (Å²) in [7, 11) is 0. The van der Waals surface area contributed by atoms with Crippen molar-refractivity contribution < 1.29 is 9.84 Å². The Morgan fingerprint density at radius 1 is 1.33 bits per heavy atom. The molecular formula is C16H22N2O2S. The third kappa shape index (κ3) is 5.38. The molecule has 1 aromatic heterocycles. The molecule has 4 nitrogen and oxygen atoms in total. The van der Waals surface area contributed by atoms with E-state index in [1.807, 2.05) is 24.3 Å². The lowest BCUT2D eigenvalue weighted by Gasteiger charge is -2.23. The van der Waals surface area contributed by atoms with E-state index >= 15 is 0 Å². The second-order valence-corrected chi connectivity index (χ2v) is 5.98. The van der Waals surface area contributed by atoms with E-state index < -0.39 is 6.10 Å². The molecule has 0 spiro atoms. The first-order chi connectivity index (χ1) is 10.2. The molecule has 1 unspecified atom stereocenters. The summed E-state index contributed by atoms with van der Waals surface area (Å²) < 4.78 is 5.58. The van der Waals surface area contributed by atoms with Gasteiger partial charge in [-0.3, -0.25) is 4.90 Å². The van der Waals surface area contributed by atoms with Crippen molar-refractivity contribution in [3.63, 3.8) is 0 Å². The first-order valence-electron chi connectivity index (χ1n) is 7.08. The molecule has 2 rings (SSSR count). The lowest BCUT2D eigenvalue weighted by atomic mass is 10.3. The van der Waals surface area contributed by atoms with Crippen LogP contribution >= 0.6 is 11.3 Å². The van der Waals surface area contributed by atoms with Gasteiger partial charge in [0.1, 0.15) is 18.5 Å². The number of thiophene rings is 1. The van der Waals surface area contributed by atoms with Crippen LogP contribution in [-0.4, -0.2) is 35.8 Å². The van der Waals surface area contributed by atoms with E-state index in [1.54, 1.807) is 17.4 Å². The fraction of sp³-hybridized carbons (Fsp3) is 0.375. The zero-order valence-corrected chi connectivity index (χ0v) is 13.1. The number of rotatable bonds is 8. The Morgan fingerprint density at radius 3 is 2.86 bits per heavy atom. The quantitative estimate of drug-likeness (QED) is 0.736. The molecule has 5 heteroatoms. The fourth-order valence-corrected chi connectivity index (χ4v) is 2.82. The van der Waals surface area contributed by atoms with E-state index in [0.29, 0.717) is 18.0 Å². The van der Waals surface area contributed by atoms with Crippen LogP contribution in [0.25, 0.3) is 0 Å². The van der Waals surface area contributed by atoms with Crippen molar-refractivity contribution in [2.24, 2.45) is 0 Å². The van der Waals surface area contributed by atoms with Crippen molar-refractivity contribution >= 4 is 17.0 Å². The third-order valence-corrected chi connectivity index (χ3v) is 4.04. The standard InChI is InChI=1S/C16H22N2O2S/c1-2-18(11-16-7-4-8-21-16)10-14(19)12-20-15-6-3-5-13(17)9-15/h3-9,14,19H,2,10-12,17H2,1H3. The first-order valence-corrected chi connectivity index (χ1v) is 7.96. The van der Waals surface area contributed by atoms with Crippen molar-refractivity contribution in [1.82, 2.24) is 4.90 Å². The van der Waals surface area contributed by atoms with Gasteiger partial charge in [0.25, 0.3) is 0 Å². The van der Waals surface area contributed by atoms with Crippen molar-refractivity contribution in [3.05, 3.63) is 46.7 Å². The smallest absolute Gasteiger partial charge is 0.121 e. The molecule has 0 aliphatic heterocycles. The molecule has 21 heavy (non-hydrogen) atoms. The van der Waals surface area contributed by atoms with Crippen molar-refractivity contribution in [1.29, 1.82) is 0 Å². The Hall–Kier alpha value is -1.56. The van der Waals surface area contributed by atoms with E-state index in [2.05, 4.69) is 23.3 Å². The molecule has 0 amide bonds. The van der Waals surface area contributed by atoms with Crippen molar-refractivity contribution in [2.75, 3.05) is 25.4 Å². The lowest BCUT2D eigenvalue weighted by Crippen LogP contribution is -2.35. The summed E-state index contributed by atoms with van der Waals surface area (Å²) in [5, 5.41) is 12.2. The Kier molecular flexibility index (Phi) is 6.04. The number of likely N-dealkylation sites (N-methyl/N-ethyl adjacent to an activating group) is 1. The average molecular weight is 306 g/mol. The predicted octanol–water partition coefficient (Wildman–Crippen LogP) is 2.59. The number of aliphatic hydroxyl groups excluding tert-OH is 1. The van der Waals surface area contributed by atoms with Crippen LogP contribution in [0.15, 0.2) is 41.8 Å². The van der Waals surface area contributed by atoms with Crippen LogP contribution in [-0.2, 0) is 6.54 Å². The molecule has 1 aromatic carbocycles. The van der Waals surface area contributed by atoms with E-state index in [4.69, 9.17) is 10.5 Å². The highest BCUT2D eigenvalue weighted by atomic mass is 32.1. The zero-order chi connectivity index (χ0) is 15.1. The molecule has 1 heterocycles. The summed E-state index contributed by atoms with van der Waals surface area (Å²) in [6.07, 6.45) is -0.522. The van der Waals surface area contributed by atoms with E-state index in [9.17, 15) is 5.11 Å². The molecule has 1 atom stereocenters. The van der Waals surface area contributed by atoms with Gasteiger partial charge in [-0.25, -0.2) is 0 Å². The topological polar surface area (TPSA) is 58.7 Å². The number of benzene rings is 1. The van der Waals surface area contributed by atoms with E-state index in [1.165, 1.54) is 4.88 Å². The number of ether oxygens (including phenoxy) is 1. The summed E-state index contributed by atoms with van der Waals surface area (Å²) in [6.45, 7) is 4.72. The van der Waals surface area contributed by atoms with Crippen LogP contribution < -0.4 is 10.5 Å². The maximum Gasteiger partial charge on any atom is 0.121 e. The normalized spacial score (nSPS) is 12.5. The van der Waals surface area contributed by atoms with Gasteiger partial charge >= 0.3 is 0 Å². The SMILES string of the molecule is CCN(Cc1cccs1)CC(O)COc1cccc(N)c1. The van der Waals surface area contributed by atoms with Crippen LogP contribution in [0.5, 0.6) is 5.75 Å². The molecule has 0 radical (unpaired) electrons. The Bertz CT molecular complexity index is 531. The molecule has 0 saturated heterocycles. The molecule has 0 fully saturated rings. The fourth-order valence-electron chi connectivity index (χ4n) is 2.08. The molecule has 0 aliphatic carbocycles. The van der Waals surface area contributed by atoms with E-state index in [0.717, 1.165) is 13.1 Å². The first kappa shape index (κ1) is 15.8. The highest BCUT2D eigenvalue weighted by molar-refractivity contribution is 7.09. The Labute approximate surface area is 129 Å². The number of anilines is 1. The van der Waals surface area contributed by atoms with Crippen LogP contribution in [0.1, 0.15) is 11.8 Å². The van der Waals surface area contributed by atoms with Crippen molar-refractivity contribution in [3.8, 4) is 5.75 Å². The van der Waals surface area contributed by atoms with Gasteiger partial charge in [-0.2, -0.15) is 0 Å². The van der Waals surface area contributed by atoms with Crippen LogP contribution in [0.2, 0.25) is 0 Å². The number of nitrogen functional groups attached to an aromatic ring is 1. The number of hydrogen-bond donors (Lipinski definition) is 2. The summed E-state index contributed by atoms with van der Waals surface area (Å²) in [5.41, 5.74) is 6.36. The highest BCUT2D eigenvalue weighted by Crippen LogP contribution is 2.15. The Morgan fingerprint density at radius 2 is 2.19 bits per heavy atom. The molecular weight excluding hydrogens is 284 g/mol.